The molecular formula is C17H25N3O2S. The van der Waals surface area contributed by atoms with Crippen LogP contribution in [-0.2, 0) is 16.1 Å². The topological polar surface area (TPSA) is 45.7 Å². The van der Waals surface area contributed by atoms with Crippen LogP contribution in [0.1, 0.15) is 30.7 Å². The minimum absolute atomic E-state index is 0.111. The Hall–Kier alpha value is -0.980. The van der Waals surface area contributed by atoms with Gasteiger partial charge >= 0.3 is 0 Å². The molecule has 3 aliphatic heterocycles. The van der Waals surface area contributed by atoms with Crippen molar-refractivity contribution in [3.05, 3.63) is 16.6 Å². The zero-order valence-electron chi connectivity index (χ0n) is 13.6. The molecule has 1 spiro atoms. The second-order valence-corrected chi connectivity index (χ2v) is 8.29. The lowest BCUT2D eigenvalue weighted by atomic mass is 9.79. The lowest BCUT2D eigenvalue weighted by Crippen LogP contribution is -2.45. The number of hydrogen-bond acceptors (Lipinski definition) is 5. The van der Waals surface area contributed by atoms with E-state index in [1.165, 1.54) is 17.8 Å². The highest BCUT2D eigenvalue weighted by molar-refractivity contribution is 7.09. The molecule has 0 unspecified atom stereocenters. The smallest absolute Gasteiger partial charge is 0.228 e. The van der Waals surface area contributed by atoms with Crippen LogP contribution in [-0.4, -0.2) is 60.1 Å². The summed E-state index contributed by atoms with van der Waals surface area (Å²) >= 11 is 1.74. The average molecular weight is 335 g/mol. The van der Waals surface area contributed by atoms with Crippen LogP contribution in [0, 0.1) is 11.3 Å². The zero-order chi connectivity index (χ0) is 15.7. The number of piperidine rings is 1. The van der Waals surface area contributed by atoms with Crippen LogP contribution in [0.3, 0.4) is 0 Å². The van der Waals surface area contributed by atoms with E-state index in [1.807, 2.05) is 6.20 Å². The molecule has 6 heteroatoms. The van der Waals surface area contributed by atoms with E-state index in [4.69, 9.17) is 4.74 Å². The number of carbonyl (C=O) groups is 1. The monoisotopic (exact) mass is 335 g/mol. The van der Waals surface area contributed by atoms with Crippen LogP contribution in [0.4, 0.5) is 0 Å². The van der Waals surface area contributed by atoms with Gasteiger partial charge in [0.15, 0.2) is 0 Å². The van der Waals surface area contributed by atoms with Crippen molar-refractivity contribution in [2.75, 3.05) is 39.4 Å². The Morgan fingerprint density at radius 2 is 2.35 bits per heavy atom. The summed E-state index contributed by atoms with van der Waals surface area (Å²) in [7, 11) is 0. The summed E-state index contributed by atoms with van der Waals surface area (Å²) in [4.78, 5) is 21.7. The van der Waals surface area contributed by atoms with Gasteiger partial charge in [-0.2, -0.15) is 0 Å². The number of amides is 1. The van der Waals surface area contributed by atoms with Crippen LogP contribution in [0.2, 0.25) is 0 Å². The van der Waals surface area contributed by atoms with Crippen molar-refractivity contribution in [2.45, 2.75) is 32.2 Å². The van der Waals surface area contributed by atoms with Crippen molar-refractivity contribution < 1.29 is 9.53 Å². The van der Waals surface area contributed by atoms with Gasteiger partial charge < -0.3 is 9.64 Å². The van der Waals surface area contributed by atoms with Crippen molar-refractivity contribution >= 4 is 17.2 Å². The number of nitrogens with zero attached hydrogens (tertiary/aromatic N) is 3. The standard InChI is InChI=1S/C17H25N3O2S/c21-16(14-2-8-22-11-14)20-7-4-17(13-20)3-1-6-19(12-17)10-15-18-5-9-23-15/h5,9,14H,1-4,6-8,10-13H2/t14-,17+/m1/s1. The number of thiazole rings is 1. The highest BCUT2D eigenvalue weighted by Gasteiger charge is 2.44. The molecule has 1 amide bonds. The SMILES string of the molecule is O=C([C@@H]1CCOC1)N1CC[C@]2(CCCN(Cc3nccs3)C2)C1. The molecule has 0 saturated carbocycles. The highest BCUT2D eigenvalue weighted by atomic mass is 32.1. The summed E-state index contributed by atoms with van der Waals surface area (Å²) in [5.74, 6) is 0.441. The molecule has 4 heterocycles. The lowest BCUT2D eigenvalue weighted by molar-refractivity contribution is -0.135. The third-order valence-electron chi connectivity index (χ3n) is 5.61. The number of carbonyl (C=O) groups excluding carboxylic acids is 1. The summed E-state index contributed by atoms with van der Waals surface area (Å²) in [6, 6.07) is 0. The van der Waals surface area contributed by atoms with Crippen molar-refractivity contribution in [3.8, 4) is 0 Å². The number of hydrogen-bond donors (Lipinski definition) is 0. The first-order valence-corrected chi connectivity index (χ1v) is 9.59. The number of rotatable bonds is 3. The fourth-order valence-corrected chi connectivity index (χ4v) is 5.07. The van der Waals surface area contributed by atoms with E-state index in [-0.39, 0.29) is 5.92 Å². The lowest BCUT2D eigenvalue weighted by Gasteiger charge is -2.40. The van der Waals surface area contributed by atoms with Gasteiger partial charge in [0.1, 0.15) is 5.01 Å². The van der Waals surface area contributed by atoms with E-state index in [2.05, 4.69) is 20.2 Å². The molecule has 3 saturated heterocycles. The summed E-state index contributed by atoms with van der Waals surface area (Å²) < 4.78 is 5.39. The molecule has 0 radical (unpaired) electrons. The Kier molecular flexibility index (Phi) is 4.39. The van der Waals surface area contributed by atoms with E-state index in [0.717, 1.165) is 52.2 Å². The van der Waals surface area contributed by atoms with Gasteiger partial charge in [-0.15, -0.1) is 11.3 Å². The van der Waals surface area contributed by atoms with Crippen molar-refractivity contribution in [3.63, 3.8) is 0 Å². The van der Waals surface area contributed by atoms with Gasteiger partial charge in [-0.1, -0.05) is 0 Å². The molecule has 1 aromatic heterocycles. The van der Waals surface area contributed by atoms with Crippen LogP contribution in [0.5, 0.6) is 0 Å². The van der Waals surface area contributed by atoms with Crippen LogP contribution < -0.4 is 0 Å². The molecule has 1 aromatic rings. The van der Waals surface area contributed by atoms with Crippen molar-refractivity contribution in [1.82, 2.24) is 14.8 Å². The van der Waals surface area contributed by atoms with Crippen LogP contribution in [0.25, 0.3) is 0 Å². The molecule has 0 bridgehead atoms. The normalized spacial score (nSPS) is 32.0. The predicted octanol–water partition coefficient (Wildman–Crippen LogP) is 1.99. The van der Waals surface area contributed by atoms with Crippen molar-refractivity contribution in [1.29, 1.82) is 0 Å². The van der Waals surface area contributed by atoms with E-state index in [9.17, 15) is 4.79 Å². The van der Waals surface area contributed by atoms with Gasteiger partial charge in [-0.3, -0.25) is 9.69 Å². The summed E-state index contributed by atoms with van der Waals surface area (Å²) in [6.45, 7) is 6.47. The predicted molar refractivity (Wildman–Crippen MR) is 89.2 cm³/mol. The van der Waals surface area contributed by atoms with Gasteiger partial charge in [-0.05, 0) is 32.2 Å². The molecule has 0 aromatic carbocycles. The molecule has 4 rings (SSSR count). The minimum Gasteiger partial charge on any atom is -0.381 e. The Morgan fingerprint density at radius 3 is 3.13 bits per heavy atom. The van der Waals surface area contributed by atoms with Crippen LogP contribution >= 0.6 is 11.3 Å². The first-order chi connectivity index (χ1) is 11.2. The molecular weight excluding hydrogens is 310 g/mol. The first-order valence-electron chi connectivity index (χ1n) is 8.71. The second kappa shape index (κ2) is 6.49. The second-order valence-electron chi connectivity index (χ2n) is 7.31. The summed E-state index contributed by atoms with van der Waals surface area (Å²) in [5, 5.41) is 3.25. The van der Waals surface area contributed by atoms with Gasteiger partial charge in [-0.25, -0.2) is 4.98 Å². The zero-order valence-corrected chi connectivity index (χ0v) is 14.4. The molecule has 5 nitrogen and oxygen atoms in total. The third kappa shape index (κ3) is 3.30. The average Bonchev–Trinajstić information content (AvgIpc) is 3.28. The van der Waals surface area contributed by atoms with Gasteiger partial charge in [0.2, 0.25) is 5.91 Å². The van der Waals surface area contributed by atoms with Gasteiger partial charge in [0.25, 0.3) is 0 Å². The fraction of sp³-hybridized carbons (Fsp3) is 0.765. The molecule has 3 fully saturated rings. The maximum Gasteiger partial charge on any atom is 0.228 e. The van der Waals surface area contributed by atoms with Gasteiger partial charge in [0.05, 0.1) is 19.1 Å². The molecule has 3 aliphatic rings. The number of aromatic nitrogens is 1. The quantitative estimate of drug-likeness (QED) is 0.847. The minimum atomic E-state index is 0.111. The summed E-state index contributed by atoms with van der Waals surface area (Å²) in [5.41, 5.74) is 0.310. The van der Waals surface area contributed by atoms with E-state index >= 15 is 0 Å². The Morgan fingerprint density at radius 1 is 1.39 bits per heavy atom. The van der Waals surface area contributed by atoms with Crippen molar-refractivity contribution in [2.24, 2.45) is 11.3 Å². The van der Waals surface area contributed by atoms with Gasteiger partial charge in [0, 0.05) is 43.2 Å². The maximum absolute atomic E-state index is 12.6. The molecule has 23 heavy (non-hydrogen) atoms. The molecule has 0 aliphatic carbocycles. The summed E-state index contributed by atoms with van der Waals surface area (Å²) in [6.07, 6.45) is 6.44. The number of ether oxygens (including phenoxy) is 1. The Labute approximate surface area is 141 Å². The van der Waals surface area contributed by atoms with E-state index in [1.54, 1.807) is 11.3 Å². The molecule has 0 N–H and O–H groups in total. The fourth-order valence-electron chi connectivity index (χ4n) is 4.41. The Bertz CT molecular complexity index is 544. The third-order valence-corrected chi connectivity index (χ3v) is 6.38. The maximum atomic E-state index is 12.6. The van der Waals surface area contributed by atoms with E-state index < -0.39 is 0 Å². The molecule has 126 valence electrons. The molecule has 2 atom stereocenters. The highest BCUT2D eigenvalue weighted by Crippen LogP contribution is 2.40. The largest absolute Gasteiger partial charge is 0.381 e. The first kappa shape index (κ1) is 15.5. The van der Waals surface area contributed by atoms with E-state index in [0.29, 0.717) is 17.9 Å². The number of likely N-dealkylation sites (tertiary alicyclic amines) is 2. The van der Waals surface area contributed by atoms with Crippen LogP contribution in [0.15, 0.2) is 11.6 Å². The Balaban J connectivity index is 1.37.